The molecule has 0 spiro atoms. The molecule has 0 saturated carbocycles. The Kier molecular flexibility index (Phi) is 15.3. The van der Waals surface area contributed by atoms with E-state index in [9.17, 15) is 30.7 Å². The first-order valence-electron chi connectivity index (χ1n) is 21.3. The van der Waals surface area contributed by atoms with Crippen LogP contribution in [0.1, 0.15) is 110 Å². The zero-order valence-corrected chi connectivity index (χ0v) is 37.5. The smallest absolute Gasteiger partial charge is 0.264 e. The number of amides is 1. The van der Waals surface area contributed by atoms with Crippen molar-refractivity contribution < 1.29 is 35.3 Å². The summed E-state index contributed by atoms with van der Waals surface area (Å²) >= 11 is 0. The van der Waals surface area contributed by atoms with Crippen LogP contribution in [0, 0.1) is 0 Å². The van der Waals surface area contributed by atoms with Gasteiger partial charge in [-0.25, -0.2) is 0 Å². The second kappa shape index (κ2) is 19.6. The summed E-state index contributed by atoms with van der Waals surface area (Å²) in [7, 11) is -8.07. The molecular weight excluding hydrogens is 785 g/mol. The first kappa shape index (κ1) is 46.0. The maximum atomic E-state index is 12.9. The molecule has 1 aliphatic carbocycles. The Labute approximate surface area is 353 Å². The Morgan fingerprint density at radius 1 is 0.814 bits per heavy atom. The first-order chi connectivity index (χ1) is 27.9. The summed E-state index contributed by atoms with van der Waals surface area (Å²) in [6.07, 6.45) is 14.7. The van der Waals surface area contributed by atoms with Gasteiger partial charge in [-0.05, 0) is 101 Å². The Morgan fingerprint density at radius 3 is 2.14 bits per heavy atom. The van der Waals surface area contributed by atoms with Crippen LogP contribution in [-0.2, 0) is 35.9 Å². The van der Waals surface area contributed by atoms with Crippen LogP contribution in [0.4, 0.5) is 11.4 Å². The van der Waals surface area contributed by atoms with Crippen molar-refractivity contribution in [1.82, 2.24) is 10.2 Å². The molecule has 0 atom stereocenters. The van der Waals surface area contributed by atoms with E-state index in [-0.39, 0.29) is 28.2 Å². The molecule has 0 saturated heterocycles. The van der Waals surface area contributed by atoms with Gasteiger partial charge in [-0.3, -0.25) is 13.9 Å². The van der Waals surface area contributed by atoms with Gasteiger partial charge in [-0.15, -0.1) is 0 Å². The molecular formula is C46H65N4O7S2+. The van der Waals surface area contributed by atoms with Gasteiger partial charge in [0.05, 0.1) is 16.9 Å². The van der Waals surface area contributed by atoms with E-state index < -0.39 is 20.2 Å². The van der Waals surface area contributed by atoms with Gasteiger partial charge in [0, 0.05) is 79.2 Å². The number of nitrogens with one attached hydrogen (secondary N) is 1. The highest BCUT2D eigenvalue weighted by molar-refractivity contribution is 7.86. The van der Waals surface area contributed by atoms with Crippen molar-refractivity contribution in [1.29, 1.82) is 0 Å². The summed E-state index contributed by atoms with van der Waals surface area (Å²) < 4.78 is 66.9. The van der Waals surface area contributed by atoms with Crippen LogP contribution in [0.2, 0.25) is 0 Å². The third kappa shape index (κ3) is 11.4. The number of carbonyl (C=O) groups excluding carboxylic acids is 1. The van der Waals surface area contributed by atoms with Gasteiger partial charge in [0.2, 0.25) is 11.6 Å². The van der Waals surface area contributed by atoms with Gasteiger partial charge in [0.1, 0.15) is 6.54 Å². The lowest BCUT2D eigenvalue weighted by Gasteiger charge is -2.28. The van der Waals surface area contributed by atoms with Crippen LogP contribution in [-0.4, -0.2) is 91.3 Å². The van der Waals surface area contributed by atoms with Crippen molar-refractivity contribution in [3.63, 3.8) is 0 Å². The van der Waals surface area contributed by atoms with E-state index in [0.717, 1.165) is 47.7 Å². The highest BCUT2D eigenvalue weighted by Crippen LogP contribution is 2.48. The maximum Gasteiger partial charge on any atom is 0.264 e. The summed E-state index contributed by atoms with van der Waals surface area (Å²) in [5.74, 6) is -0.370. The first-order valence-corrected chi connectivity index (χ1v) is 24.5. The van der Waals surface area contributed by atoms with Gasteiger partial charge in [-0.2, -0.15) is 21.4 Å². The number of anilines is 1. The number of nitrogens with zero attached hydrogens (tertiary/aromatic N) is 3. The number of rotatable bonds is 20. The Balaban J connectivity index is 1.52. The van der Waals surface area contributed by atoms with E-state index in [0.29, 0.717) is 71.2 Å². The second-order valence-corrected chi connectivity index (χ2v) is 20.0. The average Bonchev–Trinajstić information content (AvgIpc) is 3.53. The van der Waals surface area contributed by atoms with E-state index in [1.807, 2.05) is 30.9 Å². The molecule has 0 unspecified atom stereocenters. The third-order valence-corrected chi connectivity index (χ3v) is 13.7. The largest absolute Gasteiger partial charge is 0.385 e. The number of hydrogen-bond acceptors (Lipinski definition) is 7. The summed E-state index contributed by atoms with van der Waals surface area (Å²) in [6, 6.07) is 16.7. The predicted molar refractivity (Wildman–Crippen MR) is 239 cm³/mol. The number of unbranched alkanes of at least 4 members (excludes halogenated alkanes) is 2. The number of allylic oxidation sites excluding steroid dienone is 7. The Hall–Kier alpha value is -4.04. The van der Waals surface area contributed by atoms with Crippen molar-refractivity contribution in [2.24, 2.45) is 0 Å². The molecule has 5 rings (SSSR count). The zero-order chi connectivity index (χ0) is 43.0. The normalized spacial score (nSPS) is 18.9. The number of carbonyl (C=O) groups is 1. The lowest BCUT2D eigenvalue weighted by Crippen LogP contribution is -2.31. The minimum absolute atomic E-state index is 0.158. The topological polar surface area (TPSA) is 147 Å². The number of para-hydroxylation sites is 2. The summed E-state index contributed by atoms with van der Waals surface area (Å²) in [4.78, 5) is 17.1. The molecule has 0 fully saturated rings. The average molecular weight is 850 g/mol. The molecule has 2 aromatic rings. The van der Waals surface area contributed by atoms with E-state index >= 15 is 0 Å². The minimum Gasteiger partial charge on any atom is -0.385 e. The highest BCUT2D eigenvalue weighted by atomic mass is 32.2. The van der Waals surface area contributed by atoms with Crippen molar-refractivity contribution in [2.75, 3.05) is 49.1 Å². The van der Waals surface area contributed by atoms with Crippen LogP contribution in [0.5, 0.6) is 0 Å². The van der Waals surface area contributed by atoms with Crippen molar-refractivity contribution in [2.45, 2.75) is 110 Å². The fraction of sp³-hybridized carbons (Fsp3) is 0.522. The lowest BCUT2D eigenvalue weighted by atomic mass is 9.81. The lowest BCUT2D eigenvalue weighted by molar-refractivity contribution is -0.438. The monoisotopic (exact) mass is 849 g/mol. The summed E-state index contributed by atoms with van der Waals surface area (Å²) in [6.45, 7) is 16.1. The Morgan fingerprint density at radius 2 is 1.46 bits per heavy atom. The minimum atomic E-state index is -4.03. The second-order valence-electron chi connectivity index (χ2n) is 16.9. The van der Waals surface area contributed by atoms with E-state index in [4.69, 9.17) is 0 Å². The Bertz CT molecular complexity index is 2230. The fourth-order valence-electron chi connectivity index (χ4n) is 8.90. The van der Waals surface area contributed by atoms with Crippen molar-refractivity contribution >= 4 is 43.2 Å². The molecule has 0 radical (unpaired) electrons. The molecule has 3 N–H and O–H groups in total. The molecule has 3 aliphatic rings. The van der Waals surface area contributed by atoms with E-state index in [1.54, 1.807) is 0 Å². The van der Waals surface area contributed by atoms with Crippen molar-refractivity contribution in [3.8, 4) is 0 Å². The molecule has 322 valence electrons. The molecule has 0 aromatic heterocycles. The molecule has 2 heterocycles. The molecule has 1 amide bonds. The number of benzene rings is 2. The van der Waals surface area contributed by atoms with Gasteiger partial charge in [-0.1, -0.05) is 62.4 Å². The fourth-order valence-corrected chi connectivity index (χ4v) is 10.0. The molecule has 11 nitrogen and oxygen atoms in total. The third-order valence-electron chi connectivity index (χ3n) is 12.1. The van der Waals surface area contributed by atoms with Gasteiger partial charge in [0.15, 0.2) is 5.71 Å². The molecule has 2 aliphatic heterocycles. The molecule has 0 bridgehead atoms. The van der Waals surface area contributed by atoms with Crippen LogP contribution in [0.15, 0.2) is 95.4 Å². The molecule has 2 aromatic carbocycles. The number of hydrogen-bond donors (Lipinski definition) is 3. The van der Waals surface area contributed by atoms with Crippen LogP contribution in [0.3, 0.4) is 0 Å². The summed E-state index contributed by atoms with van der Waals surface area (Å²) in [5, 5.41) is 3.78. The summed E-state index contributed by atoms with van der Waals surface area (Å²) in [5.41, 5.74) is 9.68. The SMILES string of the molecule is CCN(CC)C(=O)CCCNC1=C(/C=C/C2=[N+](CCCCS(=O)(=O)O)c3ccccc3C2(C)C)CCC/C1=C\C=C1\N(CCCCS(=O)(=O)O)c2ccccc2C1(C)C. The van der Waals surface area contributed by atoms with Crippen molar-refractivity contribution in [3.05, 3.63) is 107 Å². The highest BCUT2D eigenvalue weighted by Gasteiger charge is 2.44. The van der Waals surface area contributed by atoms with E-state index in [1.165, 1.54) is 22.3 Å². The van der Waals surface area contributed by atoms with Gasteiger partial charge >= 0.3 is 0 Å². The quantitative estimate of drug-likeness (QED) is 0.0681. The van der Waals surface area contributed by atoms with Gasteiger partial charge in [0.25, 0.3) is 20.2 Å². The van der Waals surface area contributed by atoms with Crippen LogP contribution < -0.4 is 10.2 Å². The maximum absolute atomic E-state index is 12.9. The molecule has 13 heteroatoms. The van der Waals surface area contributed by atoms with Crippen LogP contribution >= 0.6 is 0 Å². The van der Waals surface area contributed by atoms with Gasteiger partial charge < -0.3 is 15.1 Å². The van der Waals surface area contributed by atoms with Crippen LogP contribution in [0.25, 0.3) is 0 Å². The zero-order valence-electron chi connectivity index (χ0n) is 35.8. The number of fused-ring (bicyclic) bond motifs is 2. The predicted octanol–water partition coefficient (Wildman–Crippen LogP) is 8.24. The standard InChI is InChI=1S/C46H64N4O7S2/c1-7-48(8-2)43(51)25-18-30-47-44-35(26-28-41-45(3,4)37-21-9-11-23-39(37)49(41)31-13-15-33-58(52,53)54)19-17-20-36(44)27-29-42-46(5,6)38-22-10-12-24-40(38)50(42)32-14-16-34-59(55,56)57/h9-12,21-24,26-29H,7-8,13-20,25,30-34H2,1-6H3,(H2,52,53,54,55,56,57)/p+1/b35-26+,41-28+. The van der Waals surface area contributed by atoms with E-state index in [2.05, 4.69) is 103 Å². The molecule has 59 heavy (non-hydrogen) atoms.